The molecule has 0 aliphatic heterocycles. The number of aromatic nitrogens is 2. The Morgan fingerprint density at radius 1 is 1.05 bits per heavy atom. The minimum Gasteiger partial charge on any atom is -0.319 e. The predicted molar refractivity (Wildman–Crippen MR) is 87.9 cm³/mol. The fourth-order valence-electron chi connectivity index (χ4n) is 2.56. The molecule has 0 saturated heterocycles. The summed E-state index contributed by atoms with van der Waals surface area (Å²) in [5.41, 5.74) is 2.67. The summed E-state index contributed by atoms with van der Waals surface area (Å²) in [6.07, 6.45) is 0. The summed E-state index contributed by atoms with van der Waals surface area (Å²) >= 11 is 0. The van der Waals surface area contributed by atoms with Gasteiger partial charge < -0.3 is 9.47 Å². The summed E-state index contributed by atoms with van der Waals surface area (Å²) in [4.78, 5) is 19.3. The van der Waals surface area contributed by atoms with E-state index in [1.165, 1.54) is 0 Å². The van der Waals surface area contributed by atoms with Crippen LogP contribution >= 0.6 is 0 Å². The maximum atomic E-state index is 12.5. The van der Waals surface area contributed by atoms with E-state index < -0.39 is 0 Å². The normalized spacial score (nSPS) is 11.2. The highest BCUT2D eigenvalue weighted by atomic mass is 16.1. The number of hydrogen-bond acceptors (Lipinski definition) is 3. The van der Waals surface area contributed by atoms with E-state index in [0.29, 0.717) is 13.1 Å². The first-order valence-electron chi connectivity index (χ1n) is 7.32. The average molecular weight is 293 g/mol. The molecule has 0 radical (unpaired) electrons. The first kappa shape index (κ1) is 14.5. The molecule has 2 aromatic carbocycles. The van der Waals surface area contributed by atoms with Gasteiger partial charge in [-0.25, -0.2) is 4.98 Å². The lowest BCUT2D eigenvalue weighted by molar-refractivity contribution is 0.0971. The Bertz CT molecular complexity index is 790. The van der Waals surface area contributed by atoms with Crippen LogP contribution in [0.3, 0.4) is 0 Å². The molecule has 0 aliphatic carbocycles. The third-order valence-corrected chi connectivity index (χ3v) is 3.59. The Labute approximate surface area is 130 Å². The molecule has 0 atom stereocenters. The summed E-state index contributed by atoms with van der Waals surface area (Å²) in [5.74, 6) is 1.01. The van der Waals surface area contributed by atoms with Crippen molar-refractivity contribution in [3.8, 4) is 0 Å². The van der Waals surface area contributed by atoms with Gasteiger partial charge in [0.1, 0.15) is 5.82 Å². The molecule has 0 N–H and O–H groups in total. The third kappa shape index (κ3) is 2.92. The Hall–Kier alpha value is -2.46. The van der Waals surface area contributed by atoms with E-state index >= 15 is 0 Å². The van der Waals surface area contributed by atoms with Crippen LogP contribution in [0.5, 0.6) is 0 Å². The number of benzene rings is 2. The molecule has 0 fully saturated rings. The second-order valence-electron chi connectivity index (χ2n) is 5.63. The molecular formula is C18H19N3O. The zero-order valence-corrected chi connectivity index (χ0v) is 12.9. The summed E-state index contributed by atoms with van der Waals surface area (Å²) in [6, 6.07) is 17.4. The first-order valence-corrected chi connectivity index (χ1v) is 7.32. The highest BCUT2D eigenvalue weighted by Crippen LogP contribution is 2.18. The van der Waals surface area contributed by atoms with Crippen molar-refractivity contribution in [1.29, 1.82) is 0 Å². The van der Waals surface area contributed by atoms with Crippen LogP contribution in [0.15, 0.2) is 54.6 Å². The van der Waals surface area contributed by atoms with Gasteiger partial charge in [0.15, 0.2) is 5.78 Å². The molecule has 0 unspecified atom stereocenters. The minimum atomic E-state index is 0.101. The highest BCUT2D eigenvalue weighted by Gasteiger charge is 2.14. The van der Waals surface area contributed by atoms with E-state index in [2.05, 4.69) is 9.88 Å². The van der Waals surface area contributed by atoms with Gasteiger partial charge in [0, 0.05) is 5.56 Å². The molecule has 22 heavy (non-hydrogen) atoms. The number of para-hydroxylation sites is 2. The van der Waals surface area contributed by atoms with Crippen LogP contribution in [-0.2, 0) is 13.1 Å². The van der Waals surface area contributed by atoms with Gasteiger partial charge in [-0.15, -0.1) is 0 Å². The molecule has 3 aromatic rings. The van der Waals surface area contributed by atoms with Crippen molar-refractivity contribution in [1.82, 2.24) is 14.5 Å². The molecular weight excluding hydrogens is 274 g/mol. The van der Waals surface area contributed by atoms with Gasteiger partial charge in [-0.1, -0.05) is 42.5 Å². The summed E-state index contributed by atoms with van der Waals surface area (Å²) in [6.45, 7) is 1.02. The molecule has 4 nitrogen and oxygen atoms in total. The zero-order chi connectivity index (χ0) is 15.5. The van der Waals surface area contributed by atoms with Crippen molar-refractivity contribution < 1.29 is 4.79 Å². The van der Waals surface area contributed by atoms with Crippen LogP contribution in [0.1, 0.15) is 16.2 Å². The van der Waals surface area contributed by atoms with E-state index in [0.717, 1.165) is 22.4 Å². The lowest BCUT2D eigenvalue weighted by Gasteiger charge is -2.12. The summed E-state index contributed by atoms with van der Waals surface area (Å²) in [7, 11) is 4.01. The van der Waals surface area contributed by atoms with Crippen LogP contribution in [0.2, 0.25) is 0 Å². The maximum absolute atomic E-state index is 12.5. The Balaban J connectivity index is 1.99. The number of fused-ring (bicyclic) bond motifs is 1. The standard InChI is InChI=1S/C18H19N3O/c1-20(2)13-18-19-15-10-6-7-11-16(15)21(18)12-17(22)14-8-4-3-5-9-14/h3-11H,12-13H2,1-2H3. The number of hydrogen-bond donors (Lipinski definition) is 0. The summed E-state index contributed by atoms with van der Waals surface area (Å²) in [5, 5.41) is 0. The maximum Gasteiger partial charge on any atom is 0.182 e. The van der Waals surface area contributed by atoms with Gasteiger partial charge in [-0.2, -0.15) is 0 Å². The smallest absolute Gasteiger partial charge is 0.182 e. The number of Topliss-reactive ketones (excluding diaryl/α,β-unsaturated/α-hetero) is 1. The zero-order valence-electron chi connectivity index (χ0n) is 12.9. The third-order valence-electron chi connectivity index (χ3n) is 3.59. The van der Waals surface area contributed by atoms with Gasteiger partial charge in [0.2, 0.25) is 0 Å². The largest absolute Gasteiger partial charge is 0.319 e. The lowest BCUT2D eigenvalue weighted by atomic mass is 10.1. The van der Waals surface area contributed by atoms with Crippen molar-refractivity contribution in [3.05, 3.63) is 66.0 Å². The van der Waals surface area contributed by atoms with Crippen molar-refractivity contribution in [2.75, 3.05) is 14.1 Å². The average Bonchev–Trinajstić information content (AvgIpc) is 2.85. The second kappa shape index (κ2) is 6.12. The first-order chi connectivity index (χ1) is 10.6. The van der Waals surface area contributed by atoms with Crippen molar-refractivity contribution in [2.45, 2.75) is 13.1 Å². The number of imidazole rings is 1. The van der Waals surface area contributed by atoms with E-state index in [-0.39, 0.29) is 5.78 Å². The van der Waals surface area contributed by atoms with Crippen molar-refractivity contribution in [3.63, 3.8) is 0 Å². The number of ketones is 1. The monoisotopic (exact) mass is 293 g/mol. The predicted octanol–water partition coefficient (Wildman–Crippen LogP) is 2.98. The molecule has 4 heteroatoms. The number of carbonyl (C=O) groups excluding carboxylic acids is 1. The quantitative estimate of drug-likeness (QED) is 0.679. The van der Waals surface area contributed by atoms with Crippen LogP contribution in [0, 0.1) is 0 Å². The number of rotatable bonds is 5. The Kier molecular flexibility index (Phi) is 4.02. The molecule has 0 bridgehead atoms. The van der Waals surface area contributed by atoms with Gasteiger partial charge in [-0.3, -0.25) is 4.79 Å². The van der Waals surface area contributed by atoms with E-state index in [1.54, 1.807) is 0 Å². The molecule has 0 spiro atoms. The van der Waals surface area contributed by atoms with E-state index in [1.807, 2.05) is 73.3 Å². The lowest BCUT2D eigenvalue weighted by Crippen LogP contribution is -2.18. The van der Waals surface area contributed by atoms with Gasteiger partial charge in [0.25, 0.3) is 0 Å². The van der Waals surface area contributed by atoms with Crippen LogP contribution in [0.25, 0.3) is 11.0 Å². The second-order valence-corrected chi connectivity index (χ2v) is 5.63. The Morgan fingerprint density at radius 2 is 1.73 bits per heavy atom. The summed E-state index contributed by atoms with van der Waals surface area (Å²) < 4.78 is 2.02. The minimum absolute atomic E-state index is 0.101. The van der Waals surface area contributed by atoms with Crippen LogP contribution in [-0.4, -0.2) is 34.3 Å². The van der Waals surface area contributed by atoms with Crippen molar-refractivity contribution >= 4 is 16.8 Å². The van der Waals surface area contributed by atoms with Gasteiger partial charge in [0.05, 0.1) is 24.1 Å². The SMILES string of the molecule is CN(C)Cc1nc2ccccc2n1CC(=O)c1ccccc1. The molecule has 1 aromatic heterocycles. The highest BCUT2D eigenvalue weighted by molar-refractivity contribution is 5.96. The molecule has 0 aliphatic rings. The van der Waals surface area contributed by atoms with Crippen LogP contribution in [0.4, 0.5) is 0 Å². The van der Waals surface area contributed by atoms with E-state index in [9.17, 15) is 4.79 Å². The number of carbonyl (C=O) groups is 1. The van der Waals surface area contributed by atoms with E-state index in [4.69, 9.17) is 0 Å². The fraction of sp³-hybridized carbons (Fsp3) is 0.222. The molecule has 0 amide bonds. The molecule has 112 valence electrons. The topological polar surface area (TPSA) is 38.1 Å². The fourth-order valence-corrected chi connectivity index (χ4v) is 2.56. The number of nitrogens with zero attached hydrogens (tertiary/aromatic N) is 3. The van der Waals surface area contributed by atoms with Crippen LogP contribution < -0.4 is 0 Å². The Morgan fingerprint density at radius 3 is 2.45 bits per heavy atom. The molecule has 0 saturated carbocycles. The van der Waals surface area contributed by atoms with Gasteiger partial charge in [-0.05, 0) is 26.2 Å². The van der Waals surface area contributed by atoms with Crippen molar-refractivity contribution in [2.24, 2.45) is 0 Å². The molecule has 3 rings (SSSR count). The molecule has 1 heterocycles. The van der Waals surface area contributed by atoms with Gasteiger partial charge >= 0.3 is 0 Å².